The van der Waals surface area contributed by atoms with Gasteiger partial charge in [0.1, 0.15) is 11.6 Å². The van der Waals surface area contributed by atoms with Crippen LogP contribution < -0.4 is 5.32 Å². The van der Waals surface area contributed by atoms with Gasteiger partial charge < -0.3 is 5.32 Å². The van der Waals surface area contributed by atoms with Crippen molar-refractivity contribution in [3.63, 3.8) is 0 Å². The van der Waals surface area contributed by atoms with E-state index in [0.717, 1.165) is 31.5 Å². The molecule has 2 nitrogen and oxygen atoms in total. The van der Waals surface area contributed by atoms with E-state index in [4.69, 9.17) is 0 Å². The number of hydrogen-bond acceptors (Lipinski definition) is 2. The van der Waals surface area contributed by atoms with Gasteiger partial charge in [0, 0.05) is 17.9 Å². The Labute approximate surface area is 108 Å². The first-order valence-electron chi connectivity index (χ1n) is 6.18. The first-order chi connectivity index (χ1) is 8.61. The molecule has 2 unspecified atom stereocenters. The van der Waals surface area contributed by atoms with E-state index in [2.05, 4.69) is 5.32 Å². The zero-order chi connectivity index (χ0) is 13.1. The number of nitrogens with one attached hydrogen (secondary N) is 1. The Morgan fingerprint density at radius 1 is 1.44 bits per heavy atom. The van der Waals surface area contributed by atoms with Gasteiger partial charge in [0.2, 0.25) is 0 Å². The second kappa shape index (κ2) is 5.89. The van der Waals surface area contributed by atoms with Crippen LogP contribution in [-0.2, 0) is 10.8 Å². The average molecular weight is 273 g/mol. The Balaban J connectivity index is 2.05. The maximum atomic E-state index is 13.5. The van der Waals surface area contributed by atoms with Crippen molar-refractivity contribution < 1.29 is 13.0 Å². The van der Waals surface area contributed by atoms with Gasteiger partial charge in [-0.25, -0.2) is 8.78 Å². The van der Waals surface area contributed by atoms with Gasteiger partial charge in [-0.15, -0.1) is 0 Å². The molecule has 0 aromatic heterocycles. The van der Waals surface area contributed by atoms with Gasteiger partial charge in [0.15, 0.2) is 0 Å². The van der Waals surface area contributed by atoms with Crippen molar-refractivity contribution in [2.75, 3.05) is 12.3 Å². The van der Waals surface area contributed by atoms with E-state index < -0.39 is 22.4 Å². The molecule has 18 heavy (non-hydrogen) atoms. The van der Waals surface area contributed by atoms with Gasteiger partial charge in [-0.2, -0.15) is 0 Å². The first kappa shape index (κ1) is 13.6. The molecule has 2 rings (SSSR count). The summed E-state index contributed by atoms with van der Waals surface area (Å²) in [5, 5.41) is 3.29. The fraction of sp³-hybridized carbons (Fsp3) is 0.538. The van der Waals surface area contributed by atoms with E-state index >= 15 is 0 Å². The highest BCUT2D eigenvalue weighted by atomic mass is 32.2. The maximum Gasteiger partial charge on any atom is 0.142 e. The summed E-state index contributed by atoms with van der Waals surface area (Å²) < 4.78 is 38.4. The summed E-state index contributed by atoms with van der Waals surface area (Å²) >= 11 is 0. The maximum absolute atomic E-state index is 13.5. The lowest BCUT2D eigenvalue weighted by Crippen LogP contribution is -2.36. The van der Waals surface area contributed by atoms with Gasteiger partial charge in [0.05, 0.1) is 15.7 Å². The molecule has 1 N–H and O–H groups in total. The number of rotatable bonds is 6. The van der Waals surface area contributed by atoms with Crippen LogP contribution in [0.25, 0.3) is 0 Å². The van der Waals surface area contributed by atoms with Gasteiger partial charge in [0.25, 0.3) is 0 Å². The number of halogens is 2. The fourth-order valence-corrected chi connectivity index (χ4v) is 3.43. The molecule has 1 fully saturated rings. The number of hydrogen-bond donors (Lipinski definition) is 1. The molecule has 0 amide bonds. The summed E-state index contributed by atoms with van der Waals surface area (Å²) in [4.78, 5) is 0.0972. The van der Waals surface area contributed by atoms with Crippen molar-refractivity contribution >= 4 is 10.8 Å². The summed E-state index contributed by atoms with van der Waals surface area (Å²) in [5.41, 5.74) is 0. The molecule has 1 aliphatic carbocycles. The Morgan fingerprint density at radius 2 is 2.17 bits per heavy atom. The highest BCUT2D eigenvalue weighted by molar-refractivity contribution is 7.85. The van der Waals surface area contributed by atoms with E-state index in [1.54, 1.807) is 0 Å². The molecule has 0 aliphatic heterocycles. The van der Waals surface area contributed by atoms with Gasteiger partial charge in [-0.1, -0.05) is 6.92 Å². The quantitative estimate of drug-likeness (QED) is 0.862. The van der Waals surface area contributed by atoms with Crippen LogP contribution in [0.4, 0.5) is 8.78 Å². The summed E-state index contributed by atoms with van der Waals surface area (Å²) in [6, 6.07) is 3.37. The van der Waals surface area contributed by atoms with Crippen LogP contribution in [-0.4, -0.2) is 22.5 Å². The van der Waals surface area contributed by atoms with Crippen LogP contribution in [0.1, 0.15) is 19.8 Å². The smallest absolute Gasteiger partial charge is 0.142 e. The fourth-order valence-electron chi connectivity index (χ4n) is 2.04. The van der Waals surface area contributed by atoms with Crippen molar-refractivity contribution in [2.45, 2.75) is 30.7 Å². The van der Waals surface area contributed by atoms with Crippen LogP contribution in [0, 0.1) is 17.6 Å². The molecule has 5 heteroatoms. The van der Waals surface area contributed by atoms with Crippen molar-refractivity contribution in [2.24, 2.45) is 5.92 Å². The predicted octanol–water partition coefficient (Wildman–Crippen LogP) is 2.46. The largest absolute Gasteiger partial charge is 0.313 e. The Morgan fingerprint density at radius 3 is 2.72 bits per heavy atom. The Hall–Kier alpha value is -0.810. The topological polar surface area (TPSA) is 29.1 Å². The lowest BCUT2D eigenvalue weighted by atomic mass is 10.2. The molecule has 0 spiro atoms. The van der Waals surface area contributed by atoms with E-state index in [1.807, 2.05) is 6.92 Å². The van der Waals surface area contributed by atoms with Crippen molar-refractivity contribution in [1.82, 2.24) is 5.32 Å². The monoisotopic (exact) mass is 273 g/mol. The van der Waals surface area contributed by atoms with Crippen LogP contribution in [0.15, 0.2) is 23.1 Å². The molecule has 1 aliphatic rings. The van der Waals surface area contributed by atoms with Crippen LogP contribution >= 0.6 is 0 Å². The first-order valence-corrected chi connectivity index (χ1v) is 7.50. The van der Waals surface area contributed by atoms with E-state index in [1.165, 1.54) is 6.07 Å². The van der Waals surface area contributed by atoms with Crippen LogP contribution in [0.3, 0.4) is 0 Å². The minimum absolute atomic E-state index is 0.0972. The SMILES string of the molecule is CCNC(CS(=O)c1ccc(F)cc1F)C1CC1. The zero-order valence-electron chi connectivity index (χ0n) is 10.3. The van der Waals surface area contributed by atoms with Crippen molar-refractivity contribution in [3.8, 4) is 0 Å². The summed E-state index contributed by atoms with van der Waals surface area (Å²) in [7, 11) is -1.42. The lowest BCUT2D eigenvalue weighted by Gasteiger charge is -2.16. The van der Waals surface area contributed by atoms with Gasteiger partial charge in [-0.05, 0) is 37.4 Å². The van der Waals surface area contributed by atoms with Crippen molar-refractivity contribution in [3.05, 3.63) is 29.8 Å². The zero-order valence-corrected chi connectivity index (χ0v) is 11.1. The summed E-state index contributed by atoms with van der Waals surface area (Å²) in [6.07, 6.45) is 2.28. The van der Waals surface area contributed by atoms with Gasteiger partial charge >= 0.3 is 0 Å². The third-order valence-corrected chi connectivity index (χ3v) is 4.61. The summed E-state index contributed by atoms with van der Waals surface area (Å²) in [5.74, 6) is -0.420. The third-order valence-electron chi connectivity index (χ3n) is 3.13. The highest BCUT2D eigenvalue weighted by Crippen LogP contribution is 2.33. The predicted molar refractivity (Wildman–Crippen MR) is 67.8 cm³/mol. The highest BCUT2D eigenvalue weighted by Gasteiger charge is 2.32. The summed E-state index contributed by atoms with van der Waals surface area (Å²) in [6.45, 7) is 2.81. The molecule has 2 atom stereocenters. The second-order valence-corrected chi connectivity index (χ2v) is 6.05. The average Bonchev–Trinajstić information content (AvgIpc) is 3.11. The Kier molecular flexibility index (Phi) is 4.45. The molecule has 0 radical (unpaired) electrons. The molecule has 100 valence electrons. The van der Waals surface area contributed by atoms with Crippen molar-refractivity contribution in [1.29, 1.82) is 0 Å². The minimum atomic E-state index is -1.42. The van der Waals surface area contributed by atoms with Crippen LogP contribution in [0.2, 0.25) is 0 Å². The normalized spacial score (nSPS) is 18.6. The van der Waals surface area contributed by atoms with E-state index in [9.17, 15) is 13.0 Å². The standard InChI is InChI=1S/C13H17F2NOS/c1-2-16-12(9-3-4-9)8-18(17)13-6-5-10(14)7-11(13)15/h5-7,9,12,16H,2-4,8H2,1H3. The Bertz CT molecular complexity index is 449. The van der Waals surface area contributed by atoms with E-state index in [-0.39, 0.29) is 10.9 Å². The van der Waals surface area contributed by atoms with E-state index in [0.29, 0.717) is 11.7 Å². The molecule has 1 aromatic rings. The molecule has 0 bridgehead atoms. The molecular weight excluding hydrogens is 256 g/mol. The second-order valence-electron chi connectivity index (χ2n) is 4.59. The molecule has 0 saturated heterocycles. The third kappa shape index (κ3) is 3.36. The molecule has 0 heterocycles. The lowest BCUT2D eigenvalue weighted by molar-refractivity contribution is 0.512. The molecular formula is C13H17F2NOS. The molecule has 1 aromatic carbocycles. The molecule has 1 saturated carbocycles. The van der Waals surface area contributed by atoms with Gasteiger partial charge in [-0.3, -0.25) is 4.21 Å². The van der Waals surface area contributed by atoms with Crippen LogP contribution in [0.5, 0.6) is 0 Å². The minimum Gasteiger partial charge on any atom is -0.313 e. The number of benzene rings is 1.